The highest BCUT2D eigenvalue weighted by molar-refractivity contribution is 6.34. The molecule has 1 heterocycles. The number of hydrogen-bond donors (Lipinski definition) is 1. The van der Waals surface area contributed by atoms with Crippen LogP contribution in [-0.4, -0.2) is 16.1 Å². The van der Waals surface area contributed by atoms with Crippen LogP contribution in [0.1, 0.15) is 35.7 Å². The summed E-state index contributed by atoms with van der Waals surface area (Å²) in [6.45, 7) is 4.12. The van der Waals surface area contributed by atoms with Gasteiger partial charge in [0.1, 0.15) is 0 Å². The monoisotopic (exact) mass is 309 g/mol. The average molecular weight is 310 g/mol. The third-order valence-corrected chi connectivity index (χ3v) is 3.26. The Morgan fingerprint density at radius 3 is 2.60 bits per heavy atom. The Morgan fingerprint density at radius 2 is 1.90 bits per heavy atom. The van der Waals surface area contributed by atoms with Crippen molar-refractivity contribution in [1.82, 2.24) is 10.2 Å². The second-order valence-corrected chi connectivity index (χ2v) is 5.31. The summed E-state index contributed by atoms with van der Waals surface area (Å²) >= 11 is 11.6. The molecular weight excluding hydrogens is 297 g/mol. The van der Waals surface area contributed by atoms with E-state index in [-0.39, 0.29) is 21.8 Å². The Kier molecular flexibility index (Phi) is 4.57. The third kappa shape index (κ3) is 3.26. The Labute approximate surface area is 127 Å². The molecule has 2 aromatic rings. The predicted octanol–water partition coefficient (Wildman–Crippen LogP) is 4.16. The van der Waals surface area contributed by atoms with E-state index < -0.39 is 0 Å². The molecule has 4 nitrogen and oxygen atoms in total. The summed E-state index contributed by atoms with van der Waals surface area (Å²) in [5, 5.41) is 10.2. The van der Waals surface area contributed by atoms with Crippen LogP contribution in [0.3, 0.4) is 0 Å². The molecule has 0 unspecified atom stereocenters. The molecule has 2 rings (SSSR count). The topological polar surface area (TPSA) is 54.9 Å². The fraction of sp³-hybridized carbons (Fsp3) is 0.214. The van der Waals surface area contributed by atoms with Crippen LogP contribution in [0.2, 0.25) is 10.3 Å². The molecule has 0 aliphatic carbocycles. The molecule has 0 radical (unpaired) electrons. The summed E-state index contributed by atoms with van der Waals surface area (Å²) in [4.78, 5) is 12.2. The smallest absolute Gasteiger partial charge is 0.258 e. The fourth-order valence-corrected chi connectivity index (χ4v) is 2.14. The molecule has 1 aromatic carbocycles. The number of rotatable bonds is 3. The van der Waals surface area contributed by atoms with Crippen LogP contribution in [-0.2, 0) is 0 Å². The second-order valence-electron chi connectivity index (χ2n) is 4.57. The highest BCUT2D eigenvalue weighted by atomic mass is 35.5. The molecule has 6 heteroatoms. The maximum atomic E-state index is 12.2. The Bertz CT molecular complexity index is 644. The molecule has 1 amide bonds. The Morgan fingerprint density at radius 1 is 1.20 bits per heavy atom. The Hall–Kier alpha value is -1.65. The maximum absolute atomic E-state index is 12.2. The zero-order valence-electron chi connectivity index (χ0n) is 11.0. The highest BCUT2D eigenvalue weighted by Gasteiger charge is 2.15. The standard InChI is InChI=1S/C14H13Cl2N3O/c1-8(2)9-5-3-4-6-11(9)17-14(20)10-7-12(15)18-19-13(10)16/h3-8H,1-2H3,(H,17,20). The Balaban J connectivity index is 2.31. The highest BCUT2D eigenvalue weighted by Crippen LogP contribution is 2.25. The van der Waals surface area contributed by atoms with Crippen molar-refractivity contribution in [2.45, 2.75) is 19.8 Å². The number of carbonyl (C=O) groups excluding carboxylic acids is 1. The number of para-hydroxylation sites is 1. The third-order valence-electron chi connectivity index (χ3n) is 2.79. The lowest BCUT2D eigenvalue weighted by Gasteiger charge is -2.13. The maximum Gasteiger partial charge on any atom is 0.258 e. The van der Waals surface area contributed by atoms with Crippen molar-refractivity contribution in [3.8, 4) is 0 Å². The number of halogens is 2. The van der Waals surface area contributed by atoms with Crippen molar-refractivity contribution in [1.29, 1.82) is 0 Å². The number of amides is 1. The molecule has 20 heavy (non-hydrogen) atoms. The van der Waals surface area contributed by atoms with Gasteiger partial charge in [0.25, 0.3) is 5.91 Å². The molecular formula is C14H13Cl2N3O. The largest absolute Gasteiger partial charge is 0.322 e. The molecule has 0 saturated heterocycles. The van der Waals surface area contributed by atoms with Gasteiger partial charge >= 0.3 is 0 Å². The number of nitrogens with zero attached hydrogens (tertiary/aromatic N) is 2. The first-order chi connectivity index (χ1) is 9.49. The van der Waals surface area contributed by atoms with E-state index >= 15 is 0 Å². The van der Waals surface area contributed by atoms with Crippen molar-refractivity contribution in [3.05, 3.63) is 51.8 Å². The van der Waals surface area contributed by atoms with E-state index in [1.54, 1.807) is 0 Å². The summed E-state index contributed by atoms with van der Waals surface area (Å²) in [6.07, 6.45) is 0. The van der Waals surface area contributed by atoms with Crippen LogP contribution in [0.5, 0.6) is 0 Å². The minimum absolute atomic E-state index is 0.0222. The molecule has 0 aliphatic rings. The van der Waals surface area contributed by atoms with Crippen LogP contribution in [0.25, 0.3) is 0 Å². The van der Waals surface area contributed by atoms with E-state index in [1.165, 1.54) is 6.07 Å². The van der Waals surface area contributed by atoms with Crippen LogP contribution >= 0.6 is 23.2 Å². The van der Waals surface area contributed by atoms with E-state index in [0.717, 1.165) is 11.3 Å². The van der Waals surface area contributed by atoms with Gasteiger partial charge in [0.2, 0.25) is 0 Å². The van der Waals surface area contributed by atoms with Crippen molar-refractivity contribution in [3.63, 3.8) is 0 Å². The molecule has 0 aliphatic heterocycles. The van der Waals surface area contributed by atoms with E-state index in [0.29, 0.717) is 5.92 Å². The van der Waals surface area contributed by atoms with Crippen LogP contribution < -0.4 is 5.32 Å². The molecule has 0 fully saturated rings. The summed E-state index contributed by atoms with van der Waals surface area (Å²) in [5.41, 5.74) is 1.99. The molecule has 104 valence electrons. The lowest BCUT2D eigenvalue weighted by Crippen LogP contribution is -2.15. The zero-order valence-corrected chi connectivity index (χ0v) is 12.5. The number of anilines is 1. The molecule has 0 atom stereocenters. The average Bonchev–Trinajstić information content (AvgIpc) is 2.41. The molecule has 0 saturated carbocycles. The number of nitrogens with one attached hydrogen (secondary N) is 1. The minimum Gasteiger partial charge on any atom is -0.322 e. The van der Waals surface area contributed by atoms with Gasteiger partial charge < -0.3 is 5.32 Å². The van der Waals surface area contributed by atoms with Crippen molar-refractivity contribution in [2.75, 3.05) is 5.32 Å². The summed E-state index contributed by atoms with van der Waals surface area (Å²) < 4.78 is 0. The quantitative estimate of drug-likeness (QED) is 0.926. The van der Waals surface area contributed by atoms with Gasteiger partial charge in [-0.2, -0.15) is 0 Å². The first-order valence-electron chi connectivity index (χ1n) is 6.08. The summed E-state index contributed by atoms with van der Waals surface area (Å²) in [5.74, 6) is -0.0685. The lowest BCUT2D eigenvalue weighted by molar-refractivity contribution is 0.102. The summed E-state index contributed by atoms with van der Waals surface area (Å²) in [6, 6.07) is 9.00. The molecule has 0 spiro atoms. The molecule has 0 bridgehead atoms. The van der Waals surface area contributed by atoms with Crippen molar-refractivity contribution >= 4 is 34.8 Å². The van der Waals surface area contributed by atoms with Gasteiger partial charge in [0, 0.05) is 5.69 Å². The van der Waals surface area contributed by atoms with Crippen molar-refractivity contribution < 1.29 is 4.79 Å². The van der Waals surface area contributed by atoms with Gasteiger partial charge in [-0.05, 0) is 23.6 Å². The van der Waals surface area contributed by atoms with Crippen LogP contribution in [0, 0.1) is 0 Å². The zero-order chi connectivity index (χ0) is 14.7. The van der Waals surface area contributed by atoms with E-state index in [2.05, 4.69) is 29.4 Å². The van der Waals surface area contributed by atoms with Gasteiger partial charge in [0.05, 0.1) is 5.56 Å². The predicted molar refractivity (Wildman–Crippen MR) is 80.5 cm³/mol. The van der Waals surface area contributed by atoms with Crippen molar-refractivity contribution in [2.24, 2.45) is 0 Å². The normalized spacial score (nSPS) is 10.7. The van der Waals surface area contributed by atoms with E-state index in [9.17, 15) is 4.79 Å². The molecule has 1 aromatic heterocycles. The van der Waals surface area contributed by atoms with Gasteiger partial charge in [-0.3, -0.25) is 4.79 Å². The minimum atomic E-state index is -0.361. The first kappa shape index (κ1) is 14.8. The fourth-order valence-electron chi connectivity index (χ4n) is 1.82. The van der Waals surface area contributed by atoms with E-state index in [4.69, 9.17) is 23.2 Å². The lowest BCUT2D eigenvalue weighted by atomic mass is 10.0. The number of hydrogen-bond acceptors (Lipinski definition) is 3. The van der Waals surface area contributed by atoms with Crippen LogP contribution in [0.4, 0.5) is 5.69 Å². The summed E-state index contributed by atoms with van der Waals surface area (Å²) in [7, 11) is 0. The van der Waals surface area contributed by atoms with Crippen LogP contribution in [0.15, 0.2) is 30.3 Å². The number of carbonyl (C=O) groups is 1. The van der Waals surface area contributed by atoms with Gasteiger partial charge in [0.15, 0.2) is 10.3 Å². The van der Waals surface area contributed by atoms with Gasteiger partial charge in [-0.15, -0.1) is 10.2 Å². The number of benzene rings is 1. The SMILES string of the molecule is CC(C)c1ccccc1NC(=O)c1cc(Cl)nnc1Cl. The number of aromatic nitrogens is 2. The van der Waals surface area contributed by atoms with Gasteiger partial charge in [-0.1, -0.05) is 55.2 Å². The van der Waals surface area contributed by atoms with E-state index in [1.807, 2.05) is 24.3 Å². The van der Waals surface area contributed by atoms with Gasteiger partial charge in [-0.25, -0.2) is 0 Å². The second kappa shape index (κ2) is 6.20. The first-order valence-corrected chi connectivity index (χ1v) is 6.83. The molecule has 1 N–H and O–H groups in total.